The molecule has 152 valence electrons. The van der Waals surface area contributed by atoms with E-state index in [1.165, 1.54) is 13.2 Å². The standard InChI is InChI=1S/C21H29FN4O2/c1-28-19-6-5-17(13-18(19)22)14-25-9-11-26(12-10-25)15-20(27)24-21(16-23)7-3-2-4-8-21/h5-6,13H,2-4,7-12,14-15H2,1H3,(H,24,27). The van der Waals surface area contributed by atoms with Gasteiger partial charge in [0.05, 0.1) is 19.7 Å². The van der Waals surface area contributed by atoms with E-state index >= 15 is 0 Å². The molecule has 2 fully saturated rings. The molecule has 1 N–H and O–H groups in total. The minimum atomic E-state index is -0.671. The Hall–Kier alpha value is -2.17. The molecular formula is C21H29FN4O2. The predicted molar refractivity (Wildman–Crippen MR) is 104 cm³/mol. The maximum Gasteiger partial charge on any atom is 0.235 e. The fourth-order valence-electron chi connectivity index (χ4n) is 4.10. The Kier molecular flexibility index (Phi) is 6.87. The normalized spacial score (nSPS) is 20.3. The number of piperazine rings is 1. The van der Waals surface area contributed by atoms with Gasteiger partial charge >= 0.3 is 0 Å². The number of rotatable bonds is 6. The molecule has 0 atom stereocenters. The van der Waals surface area contributed by atoms with Gasteiger partial charge in [0.15, 0.2) is 11.6 Å². The summed E-state index contributed by atoms with van der Waals surface area (Å²) in [5, 5.41) is 12.5. The van der Waals surface area contributed by atoms with Crippen LogP contribution in [0.4, 0.5) is 4.39 Å². The van der Waals surface area contributed by atoms with Crippen LogP contribution in [0.3, 0.4) is 0 Å². The molecule has 2 aliphatic rings. The van der Waals surface area contributed by atoms with Crippen molar-refractivity contribution in [2.45, 2.75) is 44.2 Å². The van der Waals surface area contributed by atoms with Crippen LogP contribution < -0.4 is 10.1 Å². The quantitative estimate of drug-likeness (QED) is 0.810. The summed E-state index contributed by atoms with van der Waals surface area (Å²) in [6.07, 6.45) is 4.64. The smallest absolute Gasteiger partial charge is 0.235 e. The second-order valence-electron chi connectivity index (χ2n) is 7.82. The molecule has 6 nitrogen and oxygen atoms in total. The zero-order valence-corrected chi connectivity index (χ0v) is 16.5. The highest BCUT2D eigenvalue weighted by atomic mass is 19.1. The Morgan fingerprint density at radius 1 is 1.21 bits per heavy atom. The van der Waals surface area contributed by atoms with Gasteiger partial charge in [0, 0.05) is 32.7 Å². The van der Waals surface area contributed by atoms with E-state index in [-0.39, 0.29) is 17.5 Å². The van der Waals surface area contributed by atoms with Gasteiger partial charge in [-0.15, -0.1) is 0 Å². The zero-order valence-electron chi connectivity index (χ0n) is 16.5. The van der Waals surface area contributed by atoms with Crippen LogP contribution in [0.5, 0.6) is 5.75 Å². The van der Waals surface area contributed by atoms with Gasteiger partial charge in [-0.05, 0) is 30.5 Å². The van der Waals surface area contributed by atoms with Crippen molar-refractivity contribution in [3.05, 3.63) is 29.6 Å². The lowest BCUT2D eigenvalue weighted by Gasteiger charge is -2.36. The topological polar surface area (TPSA) is 68.6 Å². The average Bonchev–Trinajstić information content (AvgIpc) is 2.70. The predicted octanol–water partition coefficient (Wildman–Crippen LogP) is 2.29. The van der Waals surface area contributed by atoms with Crippen LogP contribution in [0.15, 0.2) is 18.2 Å². The van der Waals surface area contributed by atoms with E-state index in [9.17, 15) is 14.4 Å². The van der Waals surface area contributed by atoms with Crippen molar-refractivity contribution >= 4 is 5.91 Å². The summed E-state index contributed by atoms with van der Waals surface area (Å²) in [5.41, 5.74) is 0.244. The third-order valence-electron chi connectivity index (χ3n) is 5.75. The lowest BCUT2D eigenvalue weighted by atomic mass is 9.83. The number of methoxy groups -OCH3 is 1. The van der Waals surface area contributed by atoms with Crippen molar-refractivity contribution in [3.8, 4) is 11.8 Å². The number of nitriles is 1. The second-order valence-corrected chi connectivity index (χ2v) is 7.82. The van der Waals surface area contributed by atoms with Crippen LogP contribution >= 0.6 is 0 Å². The van der Waals surface area contributed by atoms with E-state index in [0.29, 0.717) is 13.1 Å². The first-order valence-electron chi connectivity index (χ1n) is 10.0. The van der Waals surface area contributed by atoms with Gasteiger partial charge in [-0.1, -0.05) is 25.3 Å². The second kappa shape index (κ2) is 9.35. The summed E-state index contributed by atoms with van der Waals surface area (Å²) in [6, 6.07) is 7.39. The maximum atomic E-state index is 13.8. The van der Waals surface area contributed by atoms with E-state index in [4.69, 9.17) is 4.74 Å². The first-order valence-corrected chi connectivity index (χ1v) is 10.0. The molecule has 28 heavy (non-hydrogen) atoms. The van der Waals surface area contributed by atoms with Crippen LogP contribution in [0.1, 0.15) is 37.7 Å². The molecule has 1 aliphatic heterocycles. The number of halogens is 1. The molecule has 1 aromatic carbocycles. The number of hydrogen-bond acceptors (Lipinski definition) is 5. The van der Waals surface area contributed by atoms with E-state index in [1.54, 1.807) is 6.07 Å². The lowest BCUT2D eigenvalue weighted by Crippen LogP contribution is -2.54. The summed E-state index contributed by atoms with van der Waals surface area (Å²) >= 11 is 0. The molecule has 7 heteroatoms. The van der Waals surface area contributed by atoms with Gasteiger partial charge in [-0.25, -0.2) is 4.39 Å². The summed E-state index contributed by atoms with van der Waals surface area (Å²) in [7, 11) is 1.46. The fourth-order valence-corrected chi connectivity index (χ4v) is 4.10. The van der Waals surface area contributed by atoms with Crippen molar-refractivity contribution in [2.75, 3.05) is 39.8 Å². The molecule has 1 aliphatic carbocycles. The van der Waals surface area contributed by atoms with Crippen LogP contribution in [0.25, 0.3) is 0 Å². The van der Waals surface area contributed by atoms with E-state index in [2.05, 4.69) is 21.2 Å². The Labute approximate surface area is 166 Å². The summed E-state index contributed by atoms with van der Waals surface area (Å²) in [6.45, 7) is 4.22. The molecule has 1 amide bonds. The van der Waals surface area contributed by atoms with E-state index < -0.39 is 5.54 Å². The van der Waals surface area contributed by atoms with Gasteiger partial charge in [-0.2, -0.15) is 5.26 Å². The van der Waals surface area contributed by atoms with Crippen LogP contribution in [0, 0.1) is 17.1 Å². The molecular weight excluding hydrogens is 359 g/mol. The van der Waals surface area contributed by atoms with Gasteiger partial charge in [-0.3, -0.25) is 14.6 Å². The number of benzene rings is 1. The van der Waals surface area contributed by atoms with Gasteiger partial charge < -0.3 is 10.1 Å². The number of nitrogens with one attached hydrogen (secondary N) is 1. The largest absolute Gasteiger partial charge is 0.494 e. The van der Waals surface area contributed by atoms with Gasteiger partial charge in [0.2, 0.25) is 5.91 Å². The van der Waals surface area contributed by atoms with E-state index in [0.717, 1.165) is 63.8 Å². The summed E-state index contributed by atoms with van der Waals surface area (Å²) in [4.78, 5) is 16.8. The third kappa shape index (κ3) is 5.21. The summed E-state index contributed by atoms with van der Waals surface area (Å²) < 4.78 is 18.8. The average molecular weight is 388 g/mol. The molecule has 1 saturated carbocycles. The lowest BCUT2D eigenvalue weighted by molar-refractivity contribution is -0.124. The third-order valence-corrected chi connectivity index (χ3v) is 5.75. The van der Waals surface area contributed by atoms with Crippen molar-refractivity contribution in [3.63, 3.8) is 0 Å². The van der Waals surface area contributed by atoms with Crippen LogP contribution in [-0.2, 0) is 11.3 Å². The molecule has 0 unspecified atom stereocenters. The molecule has 1 aromatic rings. The SMILES string of the molecule is COc1ccc(CN2CCN(CC(=O)NC3(C#N)CCCCC3)CC2)cc1F. The molecule has 3 rings (SSSR count). The number of carbonyl (C=O) groups excluding carboxylic acids is 1. The number of amides is 1. The Morgan fingerprint density at radius 2 is 1.89 bits per heavy atom. The summed E-state index contributed by atoms with van der Waals surface area (Å²) in [5.74, 6) is -0.147. The van der Waals surface area contributed by atoms with E-state index in [1.807, 2.05) is 6.07 Å². The highest BCUT2D eigenvalue weighted by molar-refractivity contribution is 5.79. The fraction of sp³-hybridized carbons (Fsp3) is 0.619. The highest BCUT2D eigenvalue weighted by Crippen LogP contribution is 2.27. The number of hydrogen-bond donors (Lipinski definition) is 1. The van der Waals surface area contributed by atoms with Crippen LogP contribution in [0.2, 0.25) is 0 Å². The van der Waals surface area contributed by atoms with Gasteiger partial charge in [0.25, 0.3) is 0 Å². The number of nitrogens with zero attached hydrogens (tertiary/aromatic N) is 3. The monoisotopic (exact) mass is 388 g/mol. The molecule has 0 bridgehead atoms. The first kappa shape index (κ1) is 20.6. The maximum absolute atomic E-state index is 13.8. The molecule has 0 aromatic heterocycles. The minimum Gasteiger partial charge on any atom is -0.494 e. The van der Waals surface area contributed by atoms with Crippen molar-refractivity contribution in [2.24, 2.45) is 0 Å². The Morgan fingerprint density at radius 3 is 2.50 bits per heavy atom. The van der Waals surface area contributed by atoms with Crippen molar-refractivity contribution in [1.29, 1.82) is 5.26 Å². The zero-order chi connectivity index (χ0) is 20.0. The van der Waals surface area contributed by atoms with Gasteiger partial charge in [0.1, 0.15) is 5.54 Å². The van der Waals surface area contributed by atoms with Crippen molar-refractivity contribution in [1.82, 2.24) is 15.1 Å². The number of carbonyl (C=O) groups is 1. The Bertz CT molecular complexity index is 720. The Balaban J connectivity index is 1.44. The number of ether oxygens (including phenoxy) is 1. The molecule has 1 heterocycles. The minimum absolute atomic E-state index is 0.0610. The van der Waals surface area contributed by atoms with Crippen molar-refractivity contribution < 1.29 is 13.9 Å². The van der Waals surface area contributed by atoms with Crippen LogP contribution in [-0.4, -0.2) is 61.1 Å². The highest BCUT2D eigenvalue weighted by Gasteiger charge is 2.34. The molecule has 0 spiro atoms. The molecule has 1 saturated heterocycles. The molecule has 0 radical (unpaired) electrons. The first-order chi connectivity index (χ1) is 13.5.